The van der Waals surface area contributed by atoms with Crippen molar-refractivity contribution < 1.29 is 13.9 Å². The molecule has 0 bridgehead atoms. The number of ether oxygens (including phenoxy) is 2. The zero-order chi connectivity index (χ0) is 15.4. The maximum Gasteiger partial charge on any atom is 0.160 e. The molecule has 0 aliphatic heterocycles. The molecule has 0 aliphatic rings. The number of hydrogen-bond donors (Lipinski definition) is 1. The summed E-state index contributed by atoms with van der Waals surface area (Å²) in [6.45, 7) is 1.87. The van der Waals surface area contributed by atoms with Gasteiger partial charge in [0.2, 0.25) is 0 Å². The van der Waals surface area contributed by atoms with Crippen molar-refractivity contribution in [2.45, 2.75) is 19.4 Å². The van der Waals surface area contributed by atoms with Gasteiger partial charge in [-0.1, -0.05) is 12.1 Å². The lowest BCUT2D eigenvalue weighted by Gasteiger charge is -2.16. The topological polar surface area (TPSA) is 44.5 Å². The van der Waals surface area contributed by atoms with Crippen LogP contribution in [-0.4, -0.2) is 14.2 Å². The number of halogens is 1. The smallest absolute Gasteiger partial charge is 0.160 e. The third-order valence-corrected chi connectivity index (χ3v) is 3.53. The minimum absolute atomic E-state index is 0.191. The van der Waals surface area contributed by atoms with Gasteiger partial charge in [-0.05, 0) is 54.3 Å². The highest BCUT2D eigenvalue weighted by Gasteiger charge is 2.12. The van der Waals surface area contributed by atoms with Crippen LogP contribution in [0.25, 0.3) is 0 Å². The van der Waals surface area contributed by atoms with Crippen molar-refractivity contribution in [1.29, 1.82) is 0 Å². The second-order valence-corrected chi connectivity index (χ2v) is 5.00. The van der Waals surface area contributed by atoms with Crippen molar-refractivity contribution >= 4 is 0 Å². The molecular weight excluding hydrogens is 269 g/mol. The van der Waals surface area contributed by atoms with Gasteiger partial charge < -0.3 is 15.2 Å². The standard InChI is InChI=1S/C17H20FNO2/c1-11-8-13(18)5-6-14(11)15(19)9-12-4-7-16(20-2)17(10-12)21-3/h4-8,10,15H,9,19H2,1-3H3. The third kappa shape index (κ3) is 3.52. The molecule has 1 unspecified atom stereocenters. The van der Waals surface area contributed by atoms with Gasteiger partial charge in [0.25, 0.3) is 0 Å². The van der Waals surface area contributed by atoms with Crippen LogP contribution in [0.1, 0.15) is 22.7 Å². The summed E-state index contributed by atoms with van der Waals surface area (Å²) >= 11 is 0. The molecular formula is C17H20FNO2. The molecule has 3 nitrogen and oxygen atoms in total. The second kappa shape index (κ2) is 6.59. The van der Waals surface area contributed by atoms with Gasteiger partial charge in [0.15, 0.2) is 11.5 Å². The fourth-order valence-corrected chi connectivity index (χ4v) is 2.43. The third-order valence-electron chi connectivity index (χ3n) is 3.53. The molecule has 2 N–H and O–H groups in total. The largest absolute Gasteiger partial charge is 0.493 e. The Bertz CT molecular complexity index is 628. The summed E-state index contributed by atoms with van der Waals surface area (Å²) in [5.41, 5.74) is 9.10. The molecule has 0 heterocycles. The molecule has 2 aromatic carbocycles. The lowest BCUT2D eigenvalue weighted by atomic mass is 9.96. The van der Waals surface area contributed by atoms with Gasteiger partial charge in [-0.15, -0.1) is 0 Å². The molecule has 4 heteroatoms. The van der Waals surface area contributed by atoms with E-state index in [1.807, 2.05) is 25.1 Å². The first-order chi connectivity index (χ1) is 10.0. The fourth-order valence-electron chi connectivity index (χ4n) is 2.43. The van der Waals surface area contributed by atoms with E-state index in [2.05, 4.69) is 0 Å². The van der Waals surface area contributed by atoms with Crippen molar-refractivity contribution in [3.05, 3.63) is 58.9 Å². The van der Waals surface area contributed by atoms with Crippen LogP contribution in [0.5, 0.6) is 11.5 Å². The summed E-state index contributed by atoms with van der Waals surface area (Å²) in [6, 6.07) is 10.2. The van der Waals surface area contributed by atoms with E-state index in [0.717, 1.165) is 16.7 Å². The van der Waals surface area contributed by atoms with Crippen LogP contribution in [0.3, 0.4) is 0 Å². The van der Waals surface area contributed by atoms with Crippen molar-refractivity contribution in [2.24, 2.45) is 5.73 Å². The first kappa shape index (κ1) is 15.3. The summed E-state index contributed by atoms with van der Waals surface area (Å²) in [5, 5.41) is 0. The summed E-state index contributed by atoms with van der Waals surface area (Å²) < 4.78 is 23.7. The number of benzene rings is 2. The van der Waals surface area contributed by atoms with Gasteiger partial charge in [-0.3, -0.25) is 0 Å². The predicted octanol–water partition coefficient (Wildman–Crippen LogP) is 3.39. The molecule has 0 aromatic heterocycles. The molecule has 2 rings (SSSR count). The maximum atomic E-state index is 13.1. The highest BCUT2D eigenvalue weighted by atomic mass is 19.1. The van der Waals surface area contributed by atoms with Crippen molar-refractivity contribution in [3.8, 4) is 11.5 Å². The van der Waals surface area contributed by atoms with E-state index in [0.29, 0.717) is 17.9 Å². The average molecular weight is 289 g/mol. The van der Waals surface area contributed by atoms with Gasteiger partial charge in [0.05, 0.1) is 14.2 Å². The Labute approximate surface area is 124 Å². The Hall–Kier alpha value is -2.07. The first-order valence-corrected chi connectivity index (χ1v) is 6.77. The van der Waals surface area contributed by atoms with Gasteiger partial charge in [-0.25, -0.2) is 4.39 Å². The maximum absolute atomic E-state index is 13.1. The normalized spacial score (nSPS) is 12.0. The molecule has 21 heavy (non-hydrogen) atoms. The molecule has 0 aliphatic carbocycles. The van der Waals surface area contributed by atoms with Gasteiger partial charge in [-0.2, -0.15) is 0 Å². The Morgan fingerprint density at radius 1 is 1.05 bits per heavy atom. The lowest BCUT2D eigenvalue weighted by molar-refractivity contribution is 0.354. The average Bonchev–Trinajstić information content (AvgIpc) is 2.46. The monoisotopic (exact) mass is 289 g/mol. The van der Waals surface area contributed by atoms with Crippen LogP contribution < -0.4 is 15.2 Å². The molecule has 1 atom stereocenters. The number of hydrogen-bond acceptors (Lipinski definition) is 3. The van der Waals surface area contributed by atoms with Crippen LogP contribution in [0.4, 0.5) is 4.39 Å². The Kier molecular flexibility index (Phi) is 4.81. The minimum Gasteiger partial charge on any atom is -0.493 e. The molecule has 0 saturated carbocycles. The highest BCUT2D eigenvalue weighted by molar-refractivity contribution is 5.43. The second-order valence-electron chi connectivity index (χ2n) is 5.00. The van der Waals surface area contributed by atoms with E-state index in [-0.39, 0.29) is 11.9 Å². The molecule has 0 fully saturated rings. The fraction of sp³-hybridized carbons (Fsp3) is 0.294. The van der Waals surface area contributed by atoms with Crippen molar-refractivity contribution in [2.75, 3.05) is 14.2 Å². The van der Waals surface area contributed by atoms with Crippen LogP contribution in [0, 0.1) is 12.7 Å². The molecule has 112 valence electrons. The van der Waals surface area contributed by atoms with E-state index in [9.17, 15) is 4.39 Å². The van der Waals surface area contributed by atoms with E-state index in [1.54, 1.807) is 20.3 Å². The summed E-state index contributed by atoms with van der Waals surface area (Å²) in [6.07, 6.45) is 0.646. The molecule has 0 radical (unpaired) electrons. The molecule has 2 aromatic rings. The highest BCUT2D eigenvalue weighted by Crippen LogP contribution is 2.29. The molecule has 0 saturated heterocycles. The summed E-state index contributed by atoms with van der Waals surface area (Å²) in [5.74, 6) is 1.13. The van der Waals surface area contributed by atoms with Crippen LogP contribution in [0.15, 0.2) is 36.4 Å². The van der Waals surface area contributed by atoms with Gasteiger partial charge >= 0.3 is 0 Å². The van der Waals surface area contributed by atoms with E-state index in [1.165, 1.54) is 12.1 Å². The minimum atomic E-state index is -0.241. The number of aryl methyl sites for hydroxylation is 1. The molecule has 0 spiro atoms. The van der Waals surface area contributed by atoms with Gasteiger partial charge in [0, 0.05) is 6.04 Å². The van der Waals surface area contributed by atoms with Crippen molar-refractivity contribution in [1.82, 2.24) is 0 Å². The summed E-state index contributed by atoms with van der Waals surface area (Å²) in [4.78, 5) is 0. The van der Waals surface area contributed by atoms with E-state index in [4.69, 9.17) is 15.2 Å². The van der Waals surface area contributed by atoms with Gasteiger partial charge in [0.1, 0.15) is 5.82 Å². The summed E-state index contributed by atoms with van der Waals surface area (Å²) in [7, 11) is 3.21. The van der Waals surface area contributed by atoms with Crippen LogP contribution >= 0.6 is 0 Å². The quantitative estimate of drug-likeness (QED) is 0.917. The zero-order valence-corrected chi connectivity index (χ0v) is 12.5. The number of nitrogens with two attached hydrogens (primary N) is 1. The zero-order valence-electron chi connectivity index (χ0n) is 12.5. The first-order valence-electron chi connectivity index (χ1n) is 6.77. The predicted molar refractivity (Wildman–Crippen MR) is 81.3 cm³/mol. The van der Waals surface area contributed by atoms with Crippen molar-refractivity contribution in [3.63, 3.8) is 0 Å². The lowest BCUT2D eigenvalue weighted by Crippen LogP contribution is -2.15. The Morgan fingerprint density at radius 2 is 1.76 bits per heavy atom. The van der Waals surface area contributed by atoms with Crippen LogP contribution in [-0.2, 0) is 6.42 Å². The van der Waals surface area contributed by atoms with E-state index >= 15 is 0 Å². The SMILES string of the molecule is COc1ccc(CC(N)c2ccc(F)cc2C)cc1OC. The Morgan fingerprint density at radius 3 is 2.38 bits per heavy atom. The Balaban J connectivity index is 2.21. The number of methoxy groups -OCH3 is 2. The molecule has 0 amide bonds. The van der Waals surface area contributed by atoms with E-state index < -0.39 is 0 Å². The number of rotatable bonds is 5. The van der Waals surface area contributed by atoms with Crippen LogP contribution in [0.2, 0.25) is 0 Å².